The molecule has 2 aromatic heterocycles. The summed E-state index contributed by atoms with van der Waals surface area (Å²) in [5.41, 5.74) is 3.17. The van der Waals surface area contributed by atoms with Crippen LogP contribution < -0.4 is 10.2 Å². The number of carbonyl (C=O) groups is 1. The summed E-state index contributed by atoms with van der Waals surface area (Å²) in [6, 6.07) is 9.67. The SMILES string of the molecule is Cc1cccc(NC(=O)C2CN(c3cc(-n4cccn4)ncn3)C2)c1C. The molecule has 26 heavy (non-hydrogen) atoms. The highest BCUT2D eigenvalue weighted by molar-refractivity contribution is 5.95. The smallest absolute Gasteiger partial charge is 0.231 e. The van der Waals surface area contributed by atoms with Crippen LogP contribution in [-0.4, -0.2) is 38.7 Å². The van der Waals surface area contributed by atoms with Gasteiger partial charge in [0.25, 0.3) is 0 Å². The number of benzene rings is 1. The molecule has 7 nitrogen and oxygen atoms in total. The highest BCUT2D eigenvalue weighted by Gasteiger charge is 2.34. The van der Waals surface area contributed by atoms with E-state index in [1.807, 2.05) is 50.4 Å². The van der Waals surface area contributed by atoms with Gasteiger partial charge in [-0.15, -0.1) is 0 Å². The zero-order chi connectivity index (χ0) is 18.1. The van der Waals surface area contributed by atoms with Crippen molar-refractivity contribution in [3.63, 3.8) is 0 Å². The predicted molar refractivity (Wildman–Crippen MR) is 99.4 cm³/mol. The highest BCUT2D eigenvalue weighted by atomic mass is 16.2. The third-order valence-corrected chi connectivity index (χ3v) is 4.82. The van der Waals surface area contributed by atoms with Crippen molar-refractivity contribution in [2.24, 2.45) is 5.92 Å². The zero-order valence-electron chi connectivity index (χ0n) is 14.8. The average molecular weight is 348 g/mol. The van der Waals surface area contributed by atoms with Gasteiger partial charge in [-0.1, -0.05) is 12.1 Å². The molecule has 0 saturated carbocycles. The molecular formula is C19H20N6O. The van der Waals surface area contributed by atoms with Crippen LogP contribution in [0.2, 0.25) is 0 Å². The lowest BCUT2D eigenvalue weighted by Crippen LogP contribution is -2.52. The summed E-state index contributed by atoms with van der Waals surface area (Å²) in [7, 11) is 0. The van der Waals surface area contributed by atoms with E-state index in [1.165, 1.54) is 11.9 Å². The Kier molecular flexibility index (Phi) is 4.12. The Morgan fingerprint density at radius 2 is 1.96 bits per heavy atom. The number of carbonyl (C=O) groups excluding carboxylic acids is 1. The minimum absolute atomic E-state index is 0.0435. The Bertz CT molecular complexity index is 931. The molecule has 1 amide bonds. The van der Waals surface area contributed by atoms with Crippen molar-refractivity contribution >= 4 is 17.4 Å². The van der Waals surface area contributed by atoms with Crippen molar-refractivity contribution in [3.8, 4) is 5.82 Å². The lowest BCUT2D eigenvalue weighted by atomic mass is 9.98. The van der Waals surface area contributed by atoms with Gasteiger partial charge in [0.2, 0.25) is 5.91 Å². The first kappa shape index (κ1) is 16.3. The maximum absolute atomic E-state index is 12.5. The molecule has 1 aliphatic heterocycles. The second-order valence-corrected chi connectivity index (χ2v) is 6.52. The number of nitrogens with zero attached hydrogens (tertiary/aromatic N) is 5. The summed E-state index contributed by atoms with van der Waals surface area (Å²) in [5, 5.41) is 7.23. The molecule has 0 aliphatic carbocycles. The Balaban J connectivity index is 1.40. The molecular weight excluding hydrogens is 328 g/mol. The van der Waals surface area contributed by atoms with Crippen molar-refractivity contribution < 1.29 is 4.79 Å². The van der Waals surface area contributed by atoms with Gasteiger partial charge in [0.15, 0.2) is 5.82 Å². The van der Waals surface area contributed by atoms with Gasteiger partial charge in [0.1, 0.15) is 12.1 Å². The van der Waals surface area contributed by atoms with Crippen LogP contribution in [0.15, 0.2) is 49.1 Å². The molecule has 1 saturated heterocycles. The first-order chi connectivity index (χ1) is 12.6. The van der Waals surface area contributed by atoms with E-state index in [0.29, 0.717) is 18.9 Å². The quantitative estimate of drug-likeness (QED) is 0.783. The number of aromatic nitrogens is 4. The number of amides is 1. The predicted octanol–water partition coefficient (Wildman–Crippen LogP) is 2.35. The highest BCUT2D eigenvalue weighted by Crippen LogP contribution is 2.25. The second kappa shape index (κ2) is 6.59. The first-order valence-electron chi connectivity index (χ1n) is 8.56. The van der Waals surface area contributed by atoms with Gasteiger partial charge in [-0.05, 0) is 37.1 Å². The van der Waals surface area contributed by atoms with Gasteiger partial charge in [0, 0.05) is 37.2 Å². The molecule has 1 aromatic carbocycles. The Morgan fingerprint density at radius 3 is 2.73 bits per heavy atom. The molecule has 0 radical (unpaired) electrons. The minimum atomic E-state index is -0.0435. The normalized spacial score (nSPS) is 14.2. The van der Waals surface area contributed by atoms with Gasteiger partial charge < -0.3 is 10.2 Å². The number of rotatable bonds is 4. The molecule has 0 unspecified atom stereocenters. The number of aryl methyl sites for hydroxylation is 1. The third kappa shape index (κ3) is 3.03. The number of anilines is 2. The van der Waals surface area contributed by atoms with Crippen molar-refractivity contribution in [3.05, 3.63) is 60.2 Å². The molecule has 0 bridgehead atoms. The monoisotopic (exact) mass is 348 g/mol. The molecule has 3 heterocycles. The number of hydrogen-bond acceptors (Lipinski definition) is 5. The molecule has 4 rings (SSSR count). The lowest BCUT2D eigenvalue weighted by molar-refractivity contribution is -0.120. The first-order valence-corrected chi connectivity index (χ1v) is 8.56. The van der Waals surface area contributed by atoms with Crippen molar-refractivity contribution in [1.82, 2.24) is 19.7 Å². The van der Waals surface area contributed by atoms with E-state index < -0.39 is 0 Å². The Labute approximate surface area is 151 Å². The van der Waals surface area contributed by atoms with Crippen molar-refractivity contribution in [2.45, 2.75) is 13.8 Å². The Hall–Kier alpha value is -3.22. The van der Waals surface area contributed by atoms with Crippen molar-refractivity contribution in [1.29, 1.82) is 0 Å². The standard InChI is InChI=1S/C19H20N6O/c1-13-5-3-6-16(14(13)2)23-19(26)15-10-24(11-15)17-9-18(21-12-20-17)25-8-4-7-22-25/h3-9,12,15H,10-11H2,1-2H3,(H,23,26). The molecule has 1 N–H and O–H groups in total. The fourth-order valence-electron chi connectivity index (χ4n) is 2.99. The second-order valence-electron chi connectivity index (χ2n) is 6.52. The van der Waals surface area contributed by atoms with Crippen LogP contribution in [0.5, 0.6) is 0 Å². The molecule has 7 heteroatoms. The number of nitrogens with one attached hydrogen (secondary N) is 1. The molecule has 0 atom stereocenters. The lowest BCUT2D eigenvalue weighted by Gasteiger charge is -2.39. The summed E-state index contributed by atoms with van der Waals surface area (Å²) in [6.45, 7) is 5.36. The van der Waals surface area contributed by atoms with E-state index in [-0.39, 0.29) is 11.8 Å². The van der Waals surface area contributed by atoms with E-state index in [9.17, 15) is 4.79 Å². The van der Waals surface area contributed by atoms with Crippen LogP contribution in [0.3, 0.4) is 0 Å². The van der Waals surface area contributed by atoms with E-state index in [1.54, 1.807) is 10.9 Å². The van der Waals surface area contributed by atoms with Crippen LogP contribution in [0, 0.1) is 19.8 Å². The van der Waals surface area contributed by atoms with Gasteiger partial charge in [-0.25, -0.2) is 14.6 Å². The van der Waals surface area contributed by atoms with Crippen molar-refractivity contribution in [2.75, 3.05) is 23.3 Å². The van der Waals surface area contributed by atoms with Gasteiger partial charge in [0.05, 0.1) is 5.92 Å². The largest absolute Gasteiger partial charge is 0.355 e. The molecule has 0 spiro atoms. The molecule has 132 valence electrons. The van der Waals surface area contributed by atoms with E-state index in [4.69, 9.17) is 0 Å². The van der Waals surface area contributed by atoms with E-state index in [2.05, 4.69) is 25.3 Å². The van der Waals surface area contributed by atoms with Gasteiger partial charge >= 0.3 is 0 Å². The zero-order valence-corrected chi connectivity index (χ0v) is 14.8. The summed E-state index contributed by atoms with van der Waals surface area (Å²) in [5.74, 6) is 1.53. The van der Waals surface area contributed by atoms with Crippen LogP contribution in [-0.2, 0) is 4.79 Å². The molecule has 3 aromatic rings. The summed E-state index contributed by atoms with van der Waals surface area (Å²) in [6.07, 6.45) is 5.07. The number of hydrogen-bond donors (Lipinski definition) is 1. The maximum atomic E-state index is 12.5. The molecule has 1 aliphatic rings. The summed E-state index contributed by atoms with van der Waals surface area (Å²) in [4.78, 5) is 23.1. The van der Waals surface area contributed by atoms with Crippen LogP contribution in [0.25, 0.3) is 5.82 Å². The van der Waals surface area contributed by atoms with E-state index in [0.717, 1.165) is 17.1 Å². The van der Waals surface area contributed by atoms with E-state index >= 15 is 0 Å². The fraction of sp³-hybridized carbons (Fsp3) is 0.263. The van der Waals surface area contributed by atoms with Crippen LogP contribution >= 0.6 is 0 Å². The molecule has 1 fully saturated rings. The maximum Gasteiger partial charge on any atom is 0.231 e. The summed E-state index contributed by atoms with van der Waals surface area (Å²) < 4.78 is 1.69. The third-order valence-electron chi connectivity index (χ3n) is 4.82. The fourth-order valence-corrected chi connectivity index (χ4v) is 2.99. The Morgan fingerprint density at radius 1 is 1.15 bits per heavy atom. The van der Waals surface area contributed by atoms with Gasteiger partial charge in [-0.2, -0.15) is 5.10 Å². The van der Waals surface area contributed by atoms with Crippen LogP contribution in [0.4, 0.5) is 11.5 Å². The average Bonchev–Trinajstić information content (AvgIpc) is 3.13. The summed E-state index contributed by atoms with van der Waals surface area (Å²) >= 11 is 0. The van der Waals surface area contributed by atoms with Gasteiger partial charge in [-0.3, -0.25) is 4.79 Å². The minimum Gasteiger partial charge on any atom is -0.355 e. The topological polar surface area (TPSA) is 75.9 Å². The van der Waals surface area contributed by atoms with Crippen LogP contribution in [0.1, 0.15) is 11.1 Å².